The number of halogens is 6. The summed E-state index contributed by atoms with van der Waals surface area (Å²) >= 11 is 27.0. The minimum absolute atomic E-state index is 0.0469. The lowest BCUT2D eigenvalue weighted by Crippen LogP contribution is -2.20. The molecule has 23 heteroatoms. The van der Waals surface area contributed by atoms with Gasteiger partial charge in [-0.3, -0.25) is 9.11 Å². The zero-order chi connectivity index (χ0) is 45.7. The monoisotopic (exact) mass is 1030 g/mol. The maximum Gasteiger partial charge on any atom is 0.304 e. The minimum atomic E-state index is -4.56. The maximum absolute atomic E-state index is 16.1. The average molecular weight is 1030 g/mol. The Morgan fingerprint density at radius 1 is 0.719 bits per heavy atom. The van der Waals surface area contributed by atoms with Crippen LogP contribution in [0.15, 0.2) is 69.1 Å². The molecular formula is C41H35Cl4F2N5O8S4. The highest BCUT2D eigenvalue weighted by atomic mass is 35.5. The first-order valence-electron chi connectivity index (χ1n) is 19.4. The molecule has 8 rings (SSSR count). The summed E-state index contributed by atoms with van der Waals surface area (Å²) in [4.78, 5) is 2.73. The van der Waals surface area contributed by atoms with Gasteiger partial charge in [0.15, 0.2) is 8.42 Å². The molecule has 0 atom stereocenters. The third-order valence-corrected chi connectivity index (χ3v) is 16.3. The highest BCUT2D eigenvalue weighted by Crippen LogP contribution is 2.48. The molecule has 2 aliphatic rings. The molecule has 6 heterocycles. The van der Waals surface area contributed by atoms with Gasteiger partial charge in [0.05, 0.1) is 55.8 Å². The predicted molar refractivity (Wildman–Crippen MR) is 246 cm³/mol. The fourth-order valence-corrected chi connectivity index (χ4v) is 12.0. The molecule has 0 radical (unpaired) electrons. The molecule has 64 heavy (non-hydrogen) atoms. The van der Waals surface area contributed by atoms with Crippen molar-refractivity contribution in [1.29, 1.82) is 0 Å². The van der Waals surface area contributed by atoms with Crippen LogP contribution in [0, 0.1) is 0 Å². The van der Waals surface area contributed by atoms with Crippen molar-refractivity contribution < 1.29 is 44.2 Å². The van der Waals surface area contributed by atoms with Crippen molar-refractivity contribution in [2.45, 2.75) is 46.9 Å². The van der Waals surface area contributed by atoms with Gasteiger partial charge in [-0.05, 0) is 94.4 Å². The predicted octanol–water partition coefficient (Wildman–Crippen LogP) is 11.3. The van der Waals surface area contributed by atoms with Crippen LogP contribution in [0.1, 0.15) is 48.2 Å². The molecule has 13 nitrogen and oxygen atoms in total. The number of hydrogen-bond donors (Lipinski definition) is 2. The lowest BCUT2D eigenvalue weighted by Gasteiger charge is -2.15. The quantitative estimate of drug-likeness (QED) is 0.0787. The maximum atomic E-state index is 16.1. The summed E-state index contributed by atoms with van der Waals surface area (Å²) in [5, 5.41) is 10.4. The number of benzene rings is 2. The molecule has 4 aromatic heterocycles. The molecule has 0 bridgehead atoms. The van der Waals surface area contributed by atoms with Crippen LogP contribution in [0.2, 0.25) is 20.1 Å². The molecule has 2 N–H and O–H groups in total. The minimum Gasteiger partial charge on any atom is -0.492 e. The molecule has 6 aromatic rings. The molecular weight excluding hydrogens is 999 g/mol. The first-order chi connectivity index (χ1) is 30.4. The molecule has 0 aliphatic carbocycles. The van der Waals surface area contributed by atoms with Crippen LogP contribution in [0.5, 0.6) is 11.5 Å². The number of allylic oxidation sites excluding steroid dienone is 2. The normalized spacial score (nSPS) is 14.3. The number of unbranched alkanes of at least 4 members (excludes halogenated alkanes) is 2. The van der Waals surface area contributed by atoms with Gasteiger partial charge < -0.3 is 14.4 Å². The molecule has 0 amide bonds. The van der Waals surface area contributed by atoms with E-state index in [9.17, 15) is 25.9 Å². The van der Waals surface area contributed by atoms with Gasteiger partial charge in [-0.1, -0.05) is 46.4 Å². The van der Waals surface area contributed by atoms with Gasteiger partial charge in [-0.25, -0.2) is 18.1 Å². The second-order valence-electron chi connectivity index (χ2n) is 14.7. The SMILES string of the molecule is CN(CCC/C=C(\F)c1nn(-c2ccc(Cl)cc2Cl)c2c1CCOc1cc(S(=O)(=O)O)sc1-2)CCC/C=C(\F)c1nn(-c2ccc(Cl)cc2Cl)c2c1CCOc1cc(S(=O)(=O)O)sc1-2. The highest BCUT2D eigenvalue weighted by Gasteiger charge is 2.33. The average Bonchev–Trinajstić information content (AvgIpc) is 3.98. The van der Waals surface area contributed by atoms with E-state index in [-0.39, 0.29) is 67.4 Å². The number of hydrogen-bond acceptors (Lipinski definition) is 11. The smallest absolute Gasteiger partial charge is 0.304 e. The molecule has 0 saturated carbocycles. The van der Waals surface area contributed by atoms with Crippen LogP contribution in [-0.4, -0.2) is 83.8 Å². The number of thiophene rings is 2. The van der Waals surface area contributed by atoms with Crippen LogP contribution in [0.25, 0.3) is 44.2 Å². The first kappa shape index (κ1) is 46.7. The van der Waals surface area contributed by atoms with E-state index >= 15 is 8.78 Å². The Kier molecular flexibility index (Phi) is 13.7. The van der Waals surface area contributed by atoms with Gasteiger partial charge in [-0.15, -0.1) is 22.7 Å². The Bertz CT molecular complexity index is 2890. The van der Waals surface area contributed by atoms with E-state index in [4.69, 9.17) is 55.9 Å². The molecule has 2 aliphatic heterocycles. The Hall–Kier alpha value is -3.86. The third-order valence-electron chi connectivity index (χ3n) is 10.3. The van der Waals surface area contributed by atoms with Gasteiger partial charge in [0.25, 0.3) is 0 Å². The molecule has 2 aromatic carbocycles. The van der Waals surface area contributed by atoms with E-state index < -0.39 is 31.9 Å². The van der Waals surface area contributed by atoms with Gasteiger partial charge in [0.2, 0.25) is 0 Å². The van der Waals surface area contributed by atoms with Crippen molar-refractivity contribution in [2.24, 2.45) is 0 Å². The van der Waals surface area contributed by atoms with Gasteiger partial charge in [0.1, 0.15) is 34.5 Å². The topological polar surface area (TPSA) is 166 Å². The van der Waals surface area contributed by atoms with Crippen molar-refractivity contribution in [1.82, 2.24) is 24.5 Å². The molecule has 338 valence electrons. The summed E-state index contributed by atoms with van der Waals surface area (Å²) in [6.07, 6.45) is 5.27. The van der Waals surface area contributed by atoms with Crippen molar-refractivity contribution in [3.05, 3.63) is 103 Å². The highest BCUT2D eigenvalue weighted by molar-refractivity contribution is 7.88. The van der Waals surface area contributed by atoms with Crippen LogP contribution < -0.4 is 9.47 Å². The Morgan fingerprint density at radius 3 is 1.50 bits per heavy atom. The first-order valence-corrected chi connectivity index (χ1v) is 25.5. The zero-order valence-corrected chi connectivity index (χ0v) is 39.6. The molecule has 0 fully saturated rings. The van der Waals surface area contributed by atoms with E-state index in [1.165, 1.54) is 45.8 Å². The number of ether oxygens (including phenoxy) is 2. The zero-order valence-electron chi connectivity index (χ0n) is 33.3. The van der Waals surface area contributed by atoms with Crippen LogP contribution in [-0.2, 0) is 33.1 Å². The second-order valence-corrected chi connectivity index (χ2v) is 21.8. The van der Waals surface area contributed by atoms with Crippen molar-refractivity contribution in [3.63, 3.8) is 0 Å². The number of fused-ring (bicyclic) bond motifs is 6. The van der Waals surface area contributed by atoms with E-state index in [1.807, 2.05) is 7.05 Å². The third kappa shape index (κ3) is 9.67. The summed E-state index contributed by atoms with van der Waals surface area (Å²) in [5.41, 5.74) is 2.58. The van der Waals surface area contributed by atoms with Crippen molar-refractivity contribution in [3.8, 4) is 44.0 Å². The van der Waals surface area contributed by atoms with Crippen LogP contribution in [0.4, 0.5) is 8.78 Å². The Balaban J connectivity index is 0.953. The van der Waals surface area contributed by atoms with E-state index in [0.29, 0.717) is 92.5 Å². The number of rotatable bonds is 14. The lowest BCUT2D eigenvalue weighted by atomic mass is 10.1. The lowest BCUT2D eigenvalue weighted by molar-refractivity contribution is 0.326. The summed E-state index contributed by atoms with van der Waals surface area (Å²) in [5.74, 6) is -0.762. The van der Waals surface area contributed by atoms with Crippen LogP contribution in [0.3, 0.4) is 0 Å². The largest absolute Gasteiger partial charge is 0.492 e. The number of nitrogens with zero attached hydrogens (tertiary/aromatic N) is 5. The summed E-state index contributed by atoms with van der Waals surface area (Å²) < 4.78 is 114. The Morgan fingerprint density at radius 2 is 1.12 bits per heavy atom. The van der Waals surface area contributed by atoms with E-state index in [1.54, 1.807) is 24.3 Å². The van der Waals surface area contributed by atoms with Crippen molar-refractivity contribution >= 4 is 101 Å². The Labute approximate surface area is 394 Å². The van der Waals surface area contributed by atoms with Crippen LogP contribution >= 0.6 is 69.1 Å². The molecule has 0 unspecified atom stereocenters. The van der Waals surface area contributed by atoms with Gasteiger partial charge in [0, 0.05) is 46.1 Å². The van der Waals surface area contributed by atoms with E-state index in [0.717, 1.165) is 22.7 Å². The fourth-order valence-electron chi connectivity index (χ4n) is 7.40. The summed E-state index contributed by atoms with van der Waals surface area (Å²) in [6.45, 7) is 1.40. The van der Waals surface area contributed by atoms with E-state index in [2.05, 4.69) is 15.1 Å². The van der Waals surface area contributed by atoms with Gasteiger partial charge >= 0.3 is 20.2 Å². The standard InChI is InChI=1S/C41H35Cl4F2N5O8S4/c1-50(14-4-2-6-28(46)36-24-12-16-59-32-20-34(63(53,54)55)61-40(32)38(24)51(48-36)30-10-8-22(42)18-26(30)44)15-5-3-7-29(47)37-25-13-17-60-33-21-35(64(56,57)58)62-41(33)39(25)52(49-37)31-11-9-23(43)19-27(31)45/h6-11,18-21H,2-5,12-17H2,1H3,(H,53,54,55)(H,56,57,58)/b28-6-,29-7-. The summed E-state index contributed by atoms with van der Waals surface area (Å²) in [6, 6.07) is 11.9. The second kappa shape index (κ2) is 18.8. The molecule has 0 saturated heterocycles. The summed E-state index contributed by atoms with van der Waals surface area (Å²) in [7, 11) is -7.21. The number of aromatic nitrogens is 4. The van der Waals surface area contributed by atoms with Gasteiger partial charge in [-0.2, -0.15) is 27.0 Å². The molecule has 0 spiro atoms. The van der Waals surface area contributed by atoms with Crippen molar-refractivity contribution in [2.75, 3.05) is 33.4 Å². The fraction of sp³-hybridized carbons (Fsp3) is 0.268.